The van der Waals surface area contributed by atoms with Crippen molar-refractivity contribution in [2.24, 2.45) is 0 Å². The van der Waals surface area contributed by atoms with Crippen molar-refractivity contribution in [2.75, 3.05) is 13.2 Å². The number of nitrogens with one attached hydrogen (secondary N) is 1. The van der Waals surface area contributed by atoms with E-state index in [-0.39, 0.29) is 0 Å². The summed E-state index contributed by atoms with van der Waals surface area (Å²) >= 11 is 0. The van der Waals surface area contributed by atoms with E-state index in [0.29, 0.717) is 13.2 Å². The summed E-state index contributed by atoms with van der Waals surface area (Å²) in [4.78, 5) is 9.46. The Balaban J connectivity index is 2.02. The second kappa shape index (κ2) is 4.82. The quantitative estimate of drug-likeness (QED) is 0.465. The molecule has 1 aliphatic heterocycles. The van der Waals surface area contributed by atoms with Crippen LogP contribution < -0.4 is 10.2 Å². The number of hydrogen-bond acceptors (Lipinski definition) is 4. The van der Waals surface area contributed by atoms with E-state index < -0.39 is 0 Å². The Kier molecular flexibility index (Phi) is 3.22. The third-order valence-corrected chi connectivity index (χ3v) is 1.98. The normalized spacial score (nSPS) is 13.8. The molecule has 0 fully saturated rings. The Morgan fingerprint density at radius 1 is 1.40 bits per heavy atom. The van der Waals surface area contributed by atoms with Crippen molar-refractivity contribution in [3.63, 3.8) is 0 Å². The molecule has 4 nitrogen and oxygen atoms in total. The van der Waals surface area contributed by atoms with Crippen molar-refractivity contribution in [2.45, 2.75) is 6.92 Å². The molecule has 0 saturated heterocycles. The molecule has 1 N–H and O–H groups in total. The Bertz CT molecular complexity index is 363. The van der Waals surface area contributed by atoms with E-state index in [1.54, 1.807) is 0 Å². The summed E-state index contributed by atoms with van der Waals surface area (Å²) in [5, 5.41) is 0. The Labute approximate surface area is 88.3 Å². The minimum Gasteiger partial charge on any atom is -0.487 e. The minimum absolute atomic E-state index is 0.462. The Morgan fingerprint density at radius 3 is 3.13 bits per heavy atom. The molecule has 0 amide bonds. The van der Waals surface area contributed by atoms with Crippen LogP contribution in [0.4, 0.5) is 0 Å². The Hall–Kier alpha value is -1.52. The maximum absolute atomic E-state index is 5.50. The number of hydroxylamine groups is 1. The second-order valence-electron chi connectivity index (χ2n) is 3.09. The molecule has 1 aromatic carbocycles. The lowest BCUT2D eigenvalue weighted by atomic mass is 10.1. The van der Waals surface area contributed by atoms with Gasteiger partial charge in [0.1, 0.15) is 12.4 Å². The summed E-state index contributed by atoms with van der Waals surface area (Å²) in [6.45, 7) is 2.81. The van der Waals surface area contributed by atoms with Gasteiger partial charge in [0, 0.05) is 5.56 Å². The predicted octanol–water partition coefficient (Wildman–Crippen LogP) is 1.89. The van der Waals surface area contributed by atoms with Gasteiger partial charge in [0.2, 0.25) is 0 Å². The SMILES string of the molecule is CCOONC1=Cc2ccccc2OC1. The molecule has 2 rings (SSSR count). The molecule has 1 aromatic rings. The molecule has 0 aliphatic carbocycles. The minimum atomic E-state index is 0.462. The van der Waals surface area contributed by atoms with E-state index in [4.69, 9.17) is 14.6 Å². The maximum atomic E-state index is 5.50. The zero-order chi connectivity index (χ0) is 10.5. The fraction of sp³-hybridized carbons (Fsp3) is 0.273. The lowest BCUT2D eigenvalue weighted by Crippen LogP contribution is -2.21. The molecular formula is C11H13NO3. The van der Waals surface area contributed by atoms with Gasteiger partial charge in [-0.15, -0.1) is 4.99 Å². The first kappa shape index (κ1) is 10.0. The van der Waals surface area contributed by atoms with Crippen LogP contribution in [0.15, 0.2) is 30.0 Å². The number of hydrogen-bond donors (Lipinski definition) is 1. The van der Waals surface area contributed by atoms with Crippen molar-refractivity contribution in [3.8, 4) is 5.75 Å². The standard InChI is InChI=1S/C11H13NO3/c1-2-14-15-12-10-7-9-5-3-4-6-11(9)13-8-10/h3-7,12H,2,8H2,1H3. The van der Waals surface area contributed by atoms with Crippen LogP contribution >= 0.6 is 0 Å². The van der Waals surface area contributed by atoms with Crippen LogP contribution in [0.3, 0.4) is 0 Å². The van der Waals surface area contributed by atoms with Crippen molar-refractivity contribution in [1.29, 1.82) is 0 Å². The first-order valence-corrected chi connectivity index (χ1v) is 4.87. The van der Waals surface area contributed by atoms with Gasteiger partial charge < -0.3 is 4.74 Å². The van der Waals surface area contributed by atoms with Gasteiger partial charge in [-0.25, -0.2) is 10.4 Å². The van der Waals surface area contributed by atoms with Crippen molar-refractivity contribution < 1.29 is 14.6 Å². The molecule has 0 saturated carbocycles. The van der Waals surface area contributed by atoms with E-state index >= 15 is 0 Å². The molecule has 4 heteroatoms. The van der Waals surface area contributed by atoms with Crippen molar-refractivity contribution >= 4 is 6.08 Å². The van der Waals surface area contributed by atoms with E-state index in [1.165, 1.54) is 0 Å². The first-order valence-electron chi connectivity index (χ1n) is 4.87. The van der Waals surface area contributed by atoms with Crippen molar-refractivity contribution in [1.82, 2.24) is 5.48 Å². The molecule has 1 heterocycles. The number of benzene rings is 1. The monoisotopic (exact) mass is 207 g/mol. The second-order valence-corrected chi connectivity index (χ2v) is 3.09. The van der Waals surface area contributed by atoms with E-state index in [2.05, 4.69) is 5.48 Å². The first-order chi connectivity index (χ1) is 7.40. The van der Waals surface area contributed by atoms with E-state index in [1.807, 2.05) is 37.3 Å². The largest absolute Gasteiger partial charge is 0.487 e. The van der Waals surface area contributed by atoms with Crippen LogP contribution in [-0.4, -0.2) is 13.2 Å². The summed E-state index contributed by atoms with van der Waals surface area (Å²) < 4.78 is 5.50. The van der Waals surface area contributed by atoms with E-state index in [0.717, 1.165) is 17.0 Å². The van der Waals surface area contributed by atoms with Crippen LogP contribution in [0.25, 0.3) is 6.08 Å². The fourth-order valence-electron chi connectivity index (χ4n) is 1.32. The molecule has 0 aromatic heterocycles. The van der Waals surface area contributed by atoms with Crippen LogP contribution in [0.2, 0.25) is 0 Å². The highest BCUT2D eigenvalue weighted by Crippen LogP contribution is 2.24. The molecule has 0 spiro atoms. The molecule has 15 heavy (non-hydrogen) atoms. The third-order valence-electron chi connectivity index (χ3n) is 1.98. The highest BCUT2D eigenvalue weighted by Gasteiger charge is 2.10. The molecular weight excluding hydrogens is 194 g/mol. The molecule has 0 unspecified atom stereocenters. The smallest absolute Gasteiger partial charge is 0.130 e. The summed E-state index contributed by atoms with van der Waals surface area (Å²) in [5.74, 6) is 0.888. The third kappa shape index (κ3) is 2.49. The number of rotatable bonds is 4. The van der Waals surface area contributed by atoms with Gasteiger partial charge in [0.15, 0.2) is 0 Å². The Morgan fingerprint density at radius 2 is 2.27 bits per heavy atom. The zero-order valence-corrected chi connectivity index (χ0v) is 8.53. The maximum Gasteiger partial charge on any atom is 0.130 e. The van der Waals surface area contributed by atoms with Crippen LogP contribution in [-0.2, 0) is 9.88 Å². The van der Waals surface area contributed by atoms with Crippen LogP contribution in [0, 0.1) is 0 Å². The highest BCUT2D eigenvalue weighted by molar-refractivity contribution is 5.61. The summed E-state index contributed by atoms with van der Waals surface area (Å²) in [5.41, 5.74) is 4.55. The van der Waals surface area contributed by atoms with E-state index in [9.17, 15) is 0 Å². The molecule has 0 atom stereocenters. The van der Waals surface area contributed by atoms with Crippen LogP contribution in [0.5, 0.6) is 5.75 Å². The summed E-state index contributed by atoms with van der Waals surface area (Å²) in [6, 6.07) is 7.83. The van der Waals surface area contributed by atoms with Gasteiger partial charge >= 0.3 is 0 Å². The number of para-hydroxylation sites is 1. The molecule has 80 valence electrons. The average Bonchev–Trinajstić information content (AvgIpc) is 2.29. The average molecular weight is 207 g/mol. The predicted molar refractivity (Wildman–Crippen MR) is 55.8 cm³/mol. The summed E-state index contributed by atoms with van der Waals surface area (Å²) in [6.07, 6.45) is 1.97. The number of ether oxygens (including phenoxy) is 1. The number of fused-ring (bicyclic) bond motifs is 1. The molecule has 1 aliphatic rings. The van der Waals surface area contributed by atoms with Gasteiger partial charge in [-0.05, 0) is 19.1 Å². The highest BCUT2D eigenvalue weighted by atomic mass is 17.3. The lowest BCUT2D eigenvalue weighted by Gasteiger charge is -2.17. The van der Waals surface area contributed by atoms with Gasteiger partial charge in [-0.1, -0.05) is 18.2 Å². The van der Waals surface area contributed by atoms with Gasteiger partial charge in [-0.2, -0.15) is 0 Å². The van der Waals surface area contributed by atoms with Gasteiger partial charge in [0.05, 0.1) is 12.3 Å². The zero-order valence-electron chi connectivity index (χ0n) is 8.53. The topological polar surface area (TPSA) is 39.7 Å². The van der Waals surface area contributed by atoms with Gasteiger partial charge in [-0.3, -0.25) is 0 Å². The fourth-order valence-corrected chi connectivity index (χ4v) is 1.32. The molecule has 0 bridgehead atoms. The summed E-state index contributed by atoms with van der Waals surface area (Å²) in [7, 11) is 0. The van der Waals surface area contributed by atoms with Crippen molar-refractivity contribution in [3.05, 3.63) is 35.5 Å². The van der Waals surface area contributed by atoms with Gasteiger partial charge in [0.25, 0.3) is 0 Å². The lowest BCUT2D eigenvalue weighted by molar-refractivity contribution is -0.326. The molecule has 0 radical (unpaired) electrons. The van der Waals surface area contributed by atoms with Crippen LogP contribution in [0.1, 0.15) is 12.5 Å².